The van der Waals surface area contributed by atoms with E-state index in [1.165, 1.54) is 6.92 Å². The predicted octanol–water partition coefficient (Wildman–Crippen LogP) is -1.38. The molecule has 0 spiro atoms. The number of carbonyl (C=O) groups excluding carboxylic acids is 1. The van der Waals surface area contributed by atoms with Crippen LogP contribution in [0.3, 0.4) is 0 Å². The summed E-state index contributed by atoms with van der Waals surface area (Å²) in [5.74, 6) is -1.09. The van der Waals surface area contributed by atoms with Crippen molar-refractivity contribution in [2.24, 2.45) is 0 Å². The molecule has 0 amide bonds. The average molecular weight is 346 g/mol. The number of carbonyl (C=O) groups is 1. The van der Waals surface area contributed by atoms with Gasteiger partial charge in [0.1, 0.15) is 12.3 Å². The van der Waals surface area contributed by atoms with Crippen LogP contribution >= 0.6 is 0 Å². The zero-order valence-corrected chi connectivity index (χ0v) is 13.0. The van der Waals surface area contributed by atoms with E-state index >= 15 is 0 Å². The Morgan fingerprint density at radius 3 is 2.88 bits per heavy atom. The summed E-state index contributed by atoms with van der Waals surface area (Å²) < 4.78 is 24.7. The molecular formula is C14H19FN2O7. The van der Waals surface area contributed by atoms with Gasteiger partial charge in [-0.2, -0.15) is 0 Å². The van der Waals surface area contributed by atoms with Crippen LogP contribution in [0.15, 0.2) is 15.8 Å². The molecule has 3 N–H and O–H groups in total. The topological polar surface area (TPSA) is 131 Å². The van der Waals surface area contributed by atoms with Crippen LogP contribution in [0.1, 0.15) is 25.1 Å². The second kappa shape index (κ2) is 7.69. The molecule has 1 fully saturated rings. The maximum Gasteiger partial charge on any atom is 0.341 e. The van der Waals surface area contributed by atoms with Gasteiger partial charge in [-0.25, -0.2) is 14.0 Å². The lowest BCUT2D eigenvalue weighted by molar-refractivity contribution is -0.149. The van der Waals surface area contributed by atoms with Crippen LogP contribution in [-0.2, 0) is 20.7 Å². The van der Waals surface area contributed by atoms with Gasteiger partial charge in [0.25, 0.3) is 5.56 Å². The van der Waals surface area contributed by atoms with Gasteiger partial charge in [-0.15, -0.1) is 0 Å². The molecule has 24 heavy (non-hydrogen) atoms. The maximum atomic E-state index is 13.8. The molecule has 1 aromatic heterocycles. The summed E-state index contributed by atoms with van der Waals surface area (Å²) in [7, 11) is 0. The highest BCUT2D eigenvalue weighted by Crippen LogP contribution is 2.27. The van der Waals surface area contributed by atoms with Gasteiger partial charge >= 0.3 is 11.7 Å². The number of hydrogen-bond donors (Lipinski definition) is 3. The second-order valence-corrected chi connectivity index (χ2v) is 5.36. The highest BCUT2D eigenvalue weighted by molar-refractivity contribution is 5.74. The molecule has 134 valence electrons. The minimum absolute atomic E-state index is 0.00542. The van der Waals surface area contributed by atoms with Crippen molar-refractivity contribution in [3.63, 3.8) is 0 Å². The Labute approximate surface area is 135 Å². The average Bonchev–Trinajstić information content (AvgIpc) is 2.90. The normalized spacial score (nSPS) is 24.8. The number of halogens is 1. The zero-order chi connectivity index (χ0) is 17.9. The lowest BCUT2D eigenvalue weighted by Gasteiger charge is -2.15. The first kappa shape index (κ1) is 18.3. The van der Waals surface area contributed by atoms with Crippen LogP contribution in [-0.4, -0.2) is 57.3 Å². The highest BCUT2D eigenvalue weighted by atomic mass is 19.1. The summed E-state index contributed by atoms with van der Waals surface area (Å²) >= 11 is 0. The van der Waals surface area contributed by atoms with Crippen LogP contribution in [0.5, 0.6) is 0 Å². The quantitative estimate of drug-likeness (QED) is 0.541. The van der Waals surface area contributed by atoms with E-state index in [4.69, 9.17) is 9.84 Å². The Morgan fingerprint density at radius 1 is 1.58 bits per heavy atom. The zero-order valence-electron chi connectivity index (χ0n) is 13.0. The third kappa shape index (κ3) is 3.89. The largest absolute Gasteiger partial charge is 0.464 e. The first-order valence-electron chi connectivity index (χ1n) is 7.46. The first-order valence-corrected chi connectivity index (χ1v) is 7.46. The monoisotopic (exact) mass is 346 g/mol. The van der Waals surface area contributed by atoms with E-state index in [1.807, 2.05) is 4.98 Å². The lowest BCUT2D eigenvalue weighted by atomic mass is 10.1. The molecule has 1 aromatic rings. The smallest absolute Gasteiger partial charge is 0.341 e. The first-order chi connectivity index (χ1) is 11.4. The number of ether oxygens (including phenoxy) is 2. The van der Waals surface area contributed by atoms with Gasteiger partial charge in [0.15, 0.2) is 0 Å². The molecule has 4 atom stereocenters. The summed E-state index contributed by atoms with van der Waals surface area (Å²) in [6.45, 7) is 1.10. The number of nitrogens with one attached hydrogen (secondary N) is 1. The number of aromatic nitrogens is 2. The summed E-state index contributed by atoms with van der Waals surface area (Å²) in [6, 6.07) is 0. The van der Waals surface area contributed by atoms with Gasteiger partial charge in [-0.05, 0) is 6.92 Å². The van der Waals surface area contributed by atoms with Crippen molar-refractivity contribution in [2.45, 2.75) is 44.4 Å². The van der Waals surface area contributed by atoms with Crippen molar-refractivity contribution in [3.05, 3.63) is 32.6 Å². The van der Waals surface area contributed by atoms with Crippen molar-refractivity contribution < 1.29 is 28.9 Å². The third-order valence-electron chi connectivity index (χ3n) is 3.68. The van der Waals surface area contributed by atoms with Crippen molar-refractivity contribution >= 4 is 5.97 Å². The van der Waals surface area contributed by atoms with Gasteiger partial charge in [0.2, 0.25) is 6.17 Å². The SMILES string of the molecule is CCOC(=O)C(F)Cc1cn([C@H]2CC(O)[C@@H](CO)O2)c(=O)[nH]c1=O. The molecule has 0 saturated carbocycles. The fourth-order valence-electron chi connectivity index (χ4n) is 2.45. The number of aliphatic hydroxyl groups is 2. The van der Waals surface area contributed by atoms with Crippen LogP contribution in [0, 0.1) is 0 Å². The van der Waals surface area contributed by atoms with Crippen molar-refractivity contribution in [1.82, 2.24) is 9.55 Å². The predicted molar refractivity (Wildman–Crippen MR) is 78.2 cm³/mol. The Kier molecular flexibility index (Phi) is 5.86. The van der Waals surface area contributed by atoms with E-state index in [0.717, 1.165) is 10.8 Å². The molecule has 9 nitrogen and oxygen atoms in total. The van der Waals surface area contributed by atoms with Crippen LogP contribution in [0.25, 0.3) is 0 Å². The molecule has 1 saturated heterocycles. The van der Waals surface area contributed by atoms with Crippen LogP contribution < -0.4 is 11.2 Å². The molecule has 2 rings (SSSR count). The second-order valence-electron chi connectivity index (χ2n) is 5.36. The summed E-state index contributed by atoms with van der Waals surface area (Å²) in [5, 5.41) is 18.8. The third-order valence-corrected chi connectivity index (χ3v) is 3.68. The number of aromatic amines is 1. The van der Waals surface area contributed by atoms with Crippen molar-refractivity contribution in [1.29, 1.82) is 0 Å². The number of rotatable bonds is 6. The fourth-order valence-corrected chi connectivity index (χ4v) is 2.45. The summed E-state index contributed by atoms with van der Waals surface area (Å²) in [6.07, 6.45) is -4.25. The molecule has 0 radical (unpaired) electrons. The minimum atomic E-state index is -2.04. The Hall–Kier alpha value is -2.04. The Balaban J connectivity index is 2.24. The standard InChI is InChI=1S/C14H19FN2O7/c1-2-23-13(21)8(15)3-7-5-17(14(22)16-12(7)20)11-4-9(19)10(6-18)24-11/h5,8-11,18-19H,2-4,6H2,1H3,(H,16,20,22)/t8?,9?,10-,11-/m1/s1. The molecule has 1 aliphatic heterocycles. The molecule has 0 aromatic carbocycles. The van der Waals surface area contributed by atoms with E-state index in [2.05, 4.69) is 4.74 Å². The van der Waals surface area contributed by atoms with Crippen LogP contribution in [0.2, 0.25) is 0 Å². The summed E-state index contributed by atoms with van der Waals surface area (Å²) in [4.78, 5) is 37.0. The van der Waals surface area contributed by atoms with Gasteiger partial charge in [0, 0.05) is 24.6 Å². The molecule has 2 heterocycles. The highest BCUT2D eigenvalue weighted by Gasteiger charge is 2.35. The number of nitrogens with zero attached hydrogens (tertiary/aromatic N) is 1. The number of alkyl halides is 1. The molecule has 2 unspecified atom stereocenters. The van der Waals surface area contributed by atoms with Gasteiger partial charge < -0.3 is 19.7 Å². The Bertz CT molecular complexity index is 701. The minimum Gasteiger partial charge on any atom is -0.464 e. The van der Waals surface area contributed by atoms with Crippen molar-refractivity contribution in [2.75, 3.05) is 13.2 Å². The maximum absolute atomic E-state index is 13.8. The lowest BCUT2D eigenvalue weighted by Crippen LogP contribution is -2.35. The molecule has 1 aliphatic rings. The van der Waals surface area contributed by atoms with E-state index in [9.17, 15) is 23.9 Å². The van der Waals surface area contributed by atoms with Crippen molar-refractivity contribution in [3.8, 4) is 0 Å². The Morgan fingerprint density at radius 2 is 2.29 bits per heavy atom. The molecule has 10 heteroatoms. The van der Waals surface area contributed by atoms with Gasteiger partial charge in [0.05, 0.1) is 19.3 Å². The molecule has 0 aliphatic carbocycles. The number of hydrogen-bond acceptors (Lipinski definition) is 7. The summed E-state index contributed by atoms with van der Waals surface area (Å²) in [5.41, 5.74) is -1.76. The van der Waals surface area contributed by atoms with E-state index in [-0.39, 0.29) is 18.6 Å². The van der Waals surface area contributed by atoms with E-state index in [0.29, 0.717) is 0 Å². The number of aliphatic hydroxyl groups excluding tert-OH is 2. The number of H-pyrrole nitrogens is 1. The number of esters is 1. The van der Waals surface area contributed by atoms with Gasteiger partial charge in [-0.3, -0.25) is 14.3 Å². The fraction of sp³-hybridized carbons (Fsp3) is 0.643. The molecular weight excluding hydrogens is 327 g/mol. The van der Waals surface area contributed by atoms with E-state index in [1.54, 1.807) is 0 Å². The van der Waals surface area contributed by atoms with Gasteiger partial charge in [-0.1, -0.05) is 0 Å². The molecule has 0 bridgehead atoms. The van der Waals surface area contributed by atoms with Crippen LogP contribution in [0.4, 0.5) is 4.39 Å². The van der Waals surface area contributed by atoms with E-state index < -0.39 is 54.9 Å².